The van der Waals surface area contributed by atoms with Crippen LogP contribution in [0.1, 0.15) is 10.4 Å². The molecule has 0 atom stereocenters. The summed E-state index contributed by atoms with van der Waals surface area (Å²) in [5.74, 6) is -0.886. The summed E-state index contributed by atoms with van der Waals surface area (Å²) in [6.07, 6.45) is 0. The summed E-state index contributed by atoms with van der Waals surface area (Å²) in [5.41, 5.74) is 5.21. The summed E-state index contributed by atoms with van der Waals surface area (Å²) in [6.45, 7) is 3.57. The fraction of sp³-hybridized carbons (Fsp3) is 0.571. The Hall–Kier alpha value is -1.45. The number of hydrogen-bond donors (Lipinski definition) is 2. The van der Waals surface area contributed by atoms with Crippen LogP contribution in [0.25, 0.3) is 0 Å². The van der Waals surface area contributed by atoms with E-state index in [0.717, 1.165) is 0 Å². The summed E-state index contributed by atoms with van der Waals surface area (Å²) in [6, 6.07) is 2.79. The fourth-order valence-corrected chi connectivity index (χ4v) is 1.72. The summed E-state index contributed by atoms with van der Waals surface area (Å²) in [5, 5.41) is 8.71. The second kappa shape index (κ2) is 12.0. The second-order valence-electron chi connectivity index (χ2n) is 4.27. The largest absolute Gasteiger partial charge is 0.478 e. The van der Waals surface area contributed by atoms with Crippen LogP contribution in [0.3, 0.4) is 0 Å². The summed E-state index contributed by atoms with van der Waals surface area (Å²) >= 11 is 5.73. The average molecular weight is 349 g/mol. The zero-order valence-electron chi connectivity index (χ0n) is 12.7. The molecule has 3 N–H and O–H groups in total. The third-order valence-corrected chi connectivity index (χ3v) is 2.83. The molecule has 0 amide bonds. The van der Waals surface area contributed by atoms with Crippen LogP contribution < -0.4 is 10.5 Å². The molecule has 23 heavy (non-hydrogen) atoms. The summed E-state index contributed by atoms with van der Waals surface area (Å²) in [4.78, 5) is 14.6. The topological polar surface area (TPSA) is 113 Å². The number of nitrogens with two attached hydrogens (primary N) is 1. The van der Waals surface area contributed by atoms with Crippen molar-refractivity contribution in [3.63, 3.8) is 0 Å². The van der Waals surface area contributed by atoms with E-state index in [-0.39, 0.29) is 23.2 Å². The van der Waals surface area contributed by atoms with Crippen LogP contribution in [0.5, 0.6) is 5.88 Å². The normalized spacial score (nSPS) is 10.7. The van der Waals surface area contributed by atoms with Gasteiger partial charge in [0.2, 0.25) is 5.88 Å². The Labute approximate surface area is 139 Å². The van der Waals surface area contributed by atoms with E-state index >= 15 is 0 Å². The Bertz CT molecular complexity index is 475. The Morgan fingerprint density at radius 1 is 1.04 bits per heavy atom. The van der Waals surface area contributed by atoms with Gasteiger partial charge >= 0.3 is 5.97 Å². The molecule has 1 aromatic heterocycles. The first kappa shape index (κ1) is 19.6. The summed E-state index contributed by atoms with van der Waals surface area (Å²) < 4.78 is 21.0. The van der Waals surface area contributed by atoms with E-state index in [9.17, 15) is 4.79 Å². The Kier molecular flexibility index (Phi) is 10.3. The molecule has 1 rings (SSSR count). The van der Waals surface area contributed by atoms with E-state index < -0.39 is 5.97 Å². The molecule has 9 heteroatoms. The number of carboxylic acids is 1. The summed E-state index contributed by atoms with van der Waals surface area (Å²) in [7, 11) is 0. The highest BCUT2D eigenvalue weighted by molar-refractivity contribution is 6.32. The minimum Gasteiger partial charge on any atom is -0.478 e. The van der Waals surface area contributed by atoms with E-state index in [4.69, 9.17) is 41.4 Å². The van der Waals surface area contributed by atoms with Gasteiger partial charge in [0, 0.05) is 12.6 Å². The lowest BCUT2D eigenvalue weighted by Gasteiger charge is -2.08. The number of halogens is 1. The number of aromatic nitrogens is 1. The Morgan fingerprint density at radius 2 is 1.61 bits per heavy atom. The SMILES string of the molecule is NCCOCCOCCOCCOc1ccc(C(=O)O)c(Cl)n1. The van der Waals surface area contributed by atoms with Gasteiger partial charge in [0.05, 0.1) is 45.2 Å². The van der Waals surface area contributed by atoms with Crippen LogP contribution in [0.2, 0.25) is 5.15 Å². The van der Waals surface area contributed by atoms with Gasteiger partial charge < -0.3 is 29.8 Å². The molecule has 130 valence electrons. The highest BCUT2D eigenvalue weighted by Crippen LogP contribution is 2.17. The molecule has 0 fully saturated rings. The highest BCUT2D eigenvalue weighted by Gasteiger charge is 2.10. The number of nitrogens with zero attached hydrogens (tertiary/aromatic N) is 1. The minimum atomic E-state index is -1.13. The average Bonchev–Trinajstić information content (AvgIpc) is 2.52. The lowest BCUT2D eigenvalue weighted by Crippen LogP contribution is -2.15. The van der Waals surface area contributed by atoms with Gasteiger partial charge in [-0.2, -0.15) is 0 Å². The van der Waals surface area contributed by atoms with Crippen LogP contribution in [-0.2, 0) is 14.2 Å². The zero-order valence-corrected chi connectivity index (χ0v) is 13.5. The van der Waals surface area contributed by atoms with Gasteiger partial charge in [-0.15, -0.1) is 0 Å². The van der Waals surface area contributed by atoms with Gasteiger partial charge in [-0.05, 0) is 6.07 Å². The molecule has 8 nitrogen and oxygen atoms in total. The lowest BCUT2D eigenvalue weighted by molar-refractivity contribution is 0.0103. The number of ether oxygens (including phenoxy) is 4. The maximum Gasteiger partial charge on any atom is 0.338 e. The predicted molar refractivity (Wildman–Crippen MR) is 83.2 cm³/mol. The van der Waals surface area contributed by atoms with E-state index in [2.05, 4.69) is 4.98 Å². The van der Waals surface area contributed by atoms with Crippen molar-refractivity contribution >= 4 is 17.6 Å². The van der Waals surface area contributed by atoms with Crippen LogP contribution in [0, 0.1) is 0 Å². The van der Waals surface area contributed by atoms with Crippen molar-refractivity contribution in [2.75, 3.05) is 52.8 Å². The fourth-order valence-electron chi connectivity index (χ4n) is 1.49. The first-order chi connectivity index (χ1) is 11.1. The maximum atomic E-state index is 10.8. The van der Waals surface area contributed by atoms with Crippen molar-refractivity contribution in [3.8, 4) is 5.88 Å². The van der Waals surface area contributed by atoms with Crippen LogP contribution in [0.15, 0.2) is 12.1 Å². The van der Waals surface area contributed by atoms with Gasteiger partial charge in [-0.3, -0.25) is 0 Å². The van der Waals surface area contributed by atoms with E-state index in [1.54, 1.807) is 0 Å². The number of hydrogen-bond acceptors (Lipinski definition) is 7. The number of rotatable bonds is 13. The molecule has 0 bridgehead atoms. The molecule has 0 spiro atoms. The zero-order chi connectivity index (χ0) is 16.9. The maximum absolute atomic E-state index is 10.8. The van der Waals surface area contributed by atoms with E-state index in [1.165, 1.54) is 12.1 Å². The van der Waals surface area contributed by atoms with E-state index in [0.29, 0.717) is 46.2 Å². The monoisotopic (exact) mass is 348 g/mol. The van der Waals surface area contributed by atoms with Crippen molar-refractivity contribution in [3.05, 3.63) is 22.8 Å². The molecule has 1 heterocycles. The van der Waals surface area contributed by atoms with Gasteiger partial charge in [-0.1, -0.05) is 11.6 Å². The van der Waals surface area contributed by atoms with Crippen molar-refractivity contribution in [1.29, 1.82) is 0 Å². The highest BCUT2D eigenvalue weighted by atomic mass is 35.5. The standard InChI is InChI=1S/C14H21ClN2O6/c15-13-11(14(18)19)1-2-12(17-13)23-10-9-22-8-7-21-6-5-20-4-3-16/h1-2H,3-10,16H2,(H,18,19). The molecule has 0 aliphatic heterocycles. The first-order valence-corrected chi connectivity index (χ1v) is 7.49. The van der Waals surface area contributed by atoms with Crippen LogP contribution >= 0.6 is 11.6 Å². The van der Waals surface area contributed by atoms with Gasteiger partial charge in [-0.25, -0.2) is 9.78 Å². The quantitative estimate of drug-likeness (QED) is 0.398. The van der Waals surface area contributed by atoms with Crippen LogP contribution in [0.4, 0.5) is 0 Å². The molecular formula is C14H21ClN2O6. The van der Waals surface area contributed by atoms with Gasteiger partial charge in [0.1, 0.15) is 11.8 Å². The molecule has 1 aromatic rings. The Balaban J connectivity index is 2.03. The molecule has 0 aliphatic rings. The second-order valence-corrected chi connectivity index (χ2v) is 4.63. The molecule has 0 saturated heterocycles. The van der Waals surface area contributed by atoms with Crippen LogP contribution in [-0.4, -0.2) is 68.9 Å². The molecule has 0 saturated carbocycles. The third-order valence-electron chi connectivity index (χ3n) is 2.54. The molecule has 0 radical (unpaired) electrons. The molecule has 0 aliphatic carbocycles. The van der Waals surface area contributed by atoms with Crippen molar-refractivity contribution in [1.82, 2.24) is 4.98 Å². The number of pyridine rings is 1. The van der Waals surface area contributed by atoms with Gasteiger partial charge in [0.15, 0.2) is 0 Å². The Morgan fingerprint density at radius 3 is 2.13 bits per heavy atom. The third kappa shape index (κ3) is 8.68. The number of carboxylic acid groups (broad SMARTS) is 1. The molecular weight excluding hydrogens is 328 g/mol. The predicted octanol–water partition coefficient (Wildman–Crippen LogP) is 0.821. The van der Waals surface area contributed by atoms with Crippen molar-refractivity contribution in [2.24, 2.45) is 5.73 Å². The van der Waals surface area contributed by atoms with E-state index in [1.807, 2.05) is 0 Å². The molecule has 0 aromatic carbocycles. The van der Waals surface area contributed by atoms with Crippen molar-refractivity contribution in [2.45, 2.75) is 0 Å². The first-order valence-electron chi connectivity index (χ1n) is 7.11. The van der Waals surface area contributed by atoms with Gasteiger partial charge in [0.25, 0.3) is 0 Å². The smallest absolute Gasteiger partial charge is 0.338 e. The lowest BCUT2D eigenvalue weighted by atomic mass is 10.3. The number of carbonyl (C=O) groups is 1. The van der Waals surface area contributed by atoms with Crippen molar-refractivity contribution < 1.29 is 28.8 Å². The molecule has 0 unspecified atom stereocenters. The number of aromatic carboxylic acids is 1. The minimum absolute atomic E-state index is 0.0668.